The molecule has 0 saturated carbocycles. The summed E-state index contributed by atoms with van der Waals surface area (Å²) in [5, 5.41) is 17.4. The lowest BCUT2D eigenvalue weighted by Gasteiger charge is -2.19. The molecular formula is C24H24N4O2. The Kier molecular flexibility index (Phi) is 4.78. The number of phenols is 1. The van der Waals surface area contributed by atoms with E-state index < -0.39 is 5.41 Å². The van der Waals surface area contributed by atoms with Crippen molar-refractivity contribution in [3.8, 4) is 28.3 Å². The molecule has 4 rings (SSSR count). The Balaban J connectivity index is 1.70. The molecule has 0 bridgehead atoms. The highest BCUT2D eigenvalue weighted by Gasteiger charge is 2.22. The lowest BCUT2D eigenvalue weighted by molar-refractivity contribution is -0.123. The van der Waals surface area contributed by atoms with Gasteiger partial charge in [0.1, 0.15) is 5.75 Å². The summed E-state index contributed by atoms with van der Waals surface area (Å²) in [5.41, 5.74) is 5.24. The van der Waals surface area contributed by atoms with Gasteiger partial charge in [-0.1, -0.05) is 45.0 Å². The van der Waals surface area contributed by atoms with E-state index in [4.69, 9.17) is 0 Å². The predicted molar refractivity (Wildman–Crippen MR) is 118 cm³/mol. The van der Waals surface area contributed by atoms with Gasteiger partial charge in [-0.25, -0.2) is 9.50 Å². The monoisotopic (exact) mass is 400 g/mol. The van der Waals surface area contributed by atoms with E-state index in [2.05, 4.69) is 15.4 Å². The highest BCUT2D eigenvalue weighted by Crippen LogP contribution is 2.28. The van der Waals surface area contributed by atoms with Crippen LogP contribution in [0.2, 0.25) is 0 Å². The van der Waals surface area contributed by atoms with Crippen molar-refractivity contribution < 1.29 is 9.90 Å². The summed E-state index contributed by atoms with van der Waals surface area (Å²) >= 11 is 0. The number of hydrogen-bond donors (Lipinski definition) is 2. The summed E-state index contributed by atoms with van der Waals surface area (Å²) < 4.78 is 1.72. The minimum atomic E-state index is -0.474. The molecule has 6 heteroatoms. The van der Waals surface area contributed by atoms with Crippen LogP contribution >= 0.6 is 0 Å². The minimum Gasteiger partial charge on any atom is -0.508 e. The van der Waals surface area contributed by atoms with Crippen LogP contribution in [0.4, 0.5) is 5.69 Å². The number of carbonyl (C=O) groups excluding carboxylic acids is 1. The van der Waals surface area contributed by atoms with E-state index in [0.29, 0.717) is 0 Å². The fourth-order valence-electron chi connectivity index (χ4n) is 3.07. The molecule has 2 aromatic heterocycles. The molecular weight excluding hydrogens is 376 g/mol. The first-order valence-corrected chi connectivity index (χ1v) is 9.79. The zero-order valence-corrected chi connectivity index (χ0v) is 17.5. The second-order valence-electron chi connectivity index (χ2n) is 8.43. The molecule has 0 fully saturated rings. The molecule has 1 amide bonds. The summed E-state index contributed by atoms with van der Waals surface area (Å²) in [7, 11) is 0. The molecule has 2 N–H and O–H groups in total. The maximum atomic E-state index is 12.4. The zero-order valence-electron chi connectivity index (χ0n) is 17.5. The Bertz CT molecular complexity index is 1250. The fourth-order valence-corrected chi connectivity index (χ4v) is 3.07. The molecule has 6 nitrogen and oxygen atoms in total. The van der Waals surface area contributed by atoms with E-state index in [9.17, 15) is 9.90 Å². The van der Waals surface area contributed by atoms with E-state index in [1.165, 1.54) is 0 Å². The van der Waals surface area contributed by atoms with E-state index >= 15 is 0 Å². The number of nitrogens with zero attached hydrogens (tertiary/aromatic N) is 3. The molecule has 0 aliphatic rings. The third-order valence-electron chi connectivity index (χ3n) is 4.92. The number of fused-ring (bicyclic) bond motifs is 1. The largest absolute Gasteiger partial charge is 0.508 e. The number of anilines is 1. The molecule has 152 valence electrons. The van der Waals surface area contributed by atoms with E-state index in [1.807, 2.05) is 70.3 Å². The van der Waals surface area contributed by atoms with Crippen LogP contribution in [0, 0.1) is 12.3 Å². The molecule has 0 saturated heterocycles. The Labute approximate surface area is 175 Å². The Morgan fingerprint density at radius 2 is 1.77 bits per heavy atom. The number of aromatic nitrogens is 3. The molecule has 4 aromatic rings. The number of hydrogen-bond acceptors (Lipinski definition) is 4. The van der Waals surface area contributed by atoms with Crippen LogP contribution in [0.15, 0.2) is 60.8 Å². The number of nitrogens with one attached hydrogen (secondary N) is 1. The number of aryl methyl sites for hydroxylation is 1. The normalized spacial score (nSPS) is 11.6. The van der Waals surface area contributed by atoms with E-state index in [1.54, 1.807) is 22.7 Å². The second-order valence-corrected chi connectivity index (χ2v) is 8.43. The lowest BCUT2D eigenvalue weighted by atomic mass is 9.95. The first-order valence-electron chi connectivity index (χ1n) is 9.79. The Morgan fingerprint density at radius 3 is 2.50 bits per heavy atom. The number of rotatable bonds is 3. The van der Waals surface area contributed by atoms with Crippen LogP contribution in [0.25, 0.3) is 28.2 Å². The van der Waals surface area contributed by atoms with Gasteiger partial charge in [0, 0.05) is 22.2 Å². The van der Waals surface area contributed by atoms with Gasteiger partial charge in [0.2, 0.25) is 5.91 Å². The molecule has 2 heterocycles. The molecule has 0 radical (unpaired) electrons. The van der Waals surface area contributed by atoms with Crippen molar-refractivity contribution in [1.82, 2.24) is 14.6 Å². The molecule has 0 unspecified atom stereocenters. The van der Waals surface area contributed by atoms with Gasteiger partial charge in [-0.05, 0) is 42.8 Å². The lowest BCUT2D eigenvalue weighted by Crippen LogP contribution is -2.27. The summed E-state index contributed by atoms with van der Waals surface area (Å²) in [5.74, 6) is 0.167. The average Bonchev–Trinajstić information content (AvgIpc) is 3.12. The summed E-state index contributed by atoms with van der Waals surface area (Å²) in [6.45, 7) is 7.63. The van der Waals surface area contributed by atoms with Crippen molar-refractivity contribution in [3.05, 3.63) is 66.4 Å². The molecule has 2 aromatic carbocycles. The molecule has 0 atom stereocenters. The summed E-state index contributed by atoms with van der Waals surface area (Å²) in [4.78, 5) is 17.1. The van der Waals surface area contributed by atoms with Gasteiger partial charge in [0.05, 0.1) is 17.6 Å². The van der Waals surface area contributed by atoms with Gasteiger partial charge in [-0.2, -0.15) is 5.10 Å². The van der Waals surface area contributed by atoms with Crippen molar-refractivity contribution in [1.29, 1.82) is 0 Å². The van der Waals surface area contributed by atoms with Gasteiger partial charge in [-0.3, -0.25) is 4.79 Å². The minimum absolute atomic E-state index is 0.0322. The zero-order chi connectivity index (χ0) is 21.5. The maximum absolute atomic E-state index is 12.4. The van der Waals surface area contributed by atoms with Crippen molar-refractivity contribution >= 4 is 17.2 Å². The Morgan fingerprint density at radius 1 is 1.00 bits per heavy atom. The standard InChI is InChI=1S/C24H24N4O2/c1-15-8-9-17(13-20(15)26-23(30)24(2,3)4)21-14-28-22(25-21)11-10-19(27-28)16-6-5-7-18(29)12-16/h5-14,29H,1-4H3,(H,26,30). The molecule has 0 aliphatic carbocycles. The van der Waals surface area contributed by atoms with Gasteiger partial charge < -0.3 is 10.4 Å². The molecule has 30 heavy (non-hydrogen) atoms. The van der Waals surface area contributed by atoms with Crippen LogP contribution in [-0.4, -0.2) is 25.6 Å². The predicted octanol–water partition coefficient (Wildman–Crippen LogP) is 5.06. The van der Waals surface area contributed by atoms with Crippen LogP contribution in [-0.2, 0) is 4.79 Å². The summed E-state index contributed by atoms with van der Waals surface area (Å²) in [6.07, 6.45) is 1.86. The highest BCUT2D eigenvalue weighted by molar-refractivity contribution is 5.95. The maximum Gasteiger partial charge on any atom is 0.229 e. The number of imidazole rings is 1. The number of carbonyl (C=O) groups is 1. The van der Waals surface area contributed by atoms with Crippen molar-refractivity contribution in [2.24, 2.45) is 5.41 Å². The van der Waals surface area contributed by atoms with E-state index in [-0.39, 0.29) is 11.7 Å². The molecule has 0 aliphatic heterocycles. The van der Waals surface area contributed by atoms with Crippen LogP contribution in [0.3, 0.4) is 0 Å². The van der Waals surface area contributed by atoms with Crippen molar-refractivity contribution in [2.75, 3.05) is 5.32 Å². The SMILES string of the molecule is Cc1ccc(-c2cn3nc(-c4cccc(O)c4)ccc3n2)cc1NC(=O)C(C)(C)C. The third kappa shape index (κ3) is 3.89. The van der Waals surface area contributed by atoms with Crippen molar-refractivity contribution in [3.63, 3.8) is 0 Å². The highest BCUT2D eigenvalue weighted by atomic mass is 16.3. The average molecular weight is 400 g/mol. The van der Waals surface area contributed by atoms with Crippen LogP contribution in [0.5, 0.6) is 5.75 Å². The number of benzene rings is 2. The van der Waals surface area contributed by atoms with Gasteiger partial charge in [0.15, 0.2) is 5.65 Å². The topological polar surface area (TPSA) is 79.5 Å². The van der Waals surface area contributed by atoms with Gasteiger partial charge in [-0.15, -0.1) is 0 Å². The first-order chi connectivity index (χ1) is 14.2. The van der Waals surface area contributed by atoms with Crippen molar-refractivity contribution in [2.45, 2.75) is 27.7 Å². The van der Waals surface area contributed by atoms with Crippen LogP contribution < -0.4 is 5.32 Å². The second kappa shape index (κ2) is 7.30. The Hall–Kier alpha value is -3.67. The third-order valence-corrected chi connectivity index (χ3v) is 4.92. The molecule has 0 spiro atoms. The van der Waals surface area contributed by atoms with Gasteiger partial charge in [0.25, 0.3) is 0 Å². The van der Waals surface area contributed by atoms with Crippen LogP contribution in [0.1, 0.15) is 26.3 Å². The fraction of sp³-hybridized carbons (Fsp3) is 0.208. The number of phenolic OH excluding ortho intramolecular Hbond substituents is 1. The summed E-state index contributed by atoms with van der Waals surface area (Å²) in [6, 6.07) is 16.7. The quantitative estimate of drug-likeness (QED) is 0.504. The van der Waals surface area contributed by atoms with Gasteiger partial charge >= 0.3 is 0 Å². The first kappa shape index (κ1) is 19.6. The van der Waals surface area contributed by atoms with E-state index in [0.717, 1.165) is 39.4 Å². The number of amides is 1. The smallest absolute Gasteiger partial charge is 0.229 e. The number of aromatic hydroxyl groups is 1.